The molecule has 1 fully saturated rings. The van der Waals surface area contributed by atoms with Crippen molar-refractivity contribution in [3.05, 3.63) is 47.7 Å². The van der Waals surface area contributed by atoms with Gasteiger partial charge in [-0.3, -0.25) is 14.4 Å². The van der Waals surface area contributed by atoms with Crippen molar-refractivity contribution in [2.24, 2.45) is 5.92 Å². The molecule has 1 saturated heterocycles. The van der Waals surface area contributed by atoms with Gasteiger partial charge < -0.3 is 10.2 Å². The Morgan fingerprint density at radius 3 is 2.88 bits per heavy atom. The number of aromatic nitrogens is 2. The number of nitriles is 1. The standard InChI is InChI=1S/C19H22N6O/c20-14-24-7-6-16(12-24)19(26)21-18-10-17-13-23(8-9-25(17)22-18)11-15-4-2-1-3-5-15/h1-5,10,16H,6-9,11-13H2,(H,21,22,26). The Balaban J connectivity index is 1.37. The highest BCUT2D eigenvalue weighted by molar-refractivity contribution is 5.92. The molecule has 1 atom stereocenters. The number of nitrogens with one attached hydrogen (secondary N) is 1. The van der Waals surface area contributed by atoms with Gasteiger partial charge in [-0.15, -0.1) is 0 Å². The number of likely N-dealkylation sites (tertiary alicyclic amines) is 1. The summed E-state index contributed by atoms with van der Waals surface area (Å²) < 4.78 is 1.98. The molecular formula is C19H22N6O. The Kier molecular flexibility index (Phi) is 4.59. The molecule has 0 bridgehead atoms. The quantitative estimate of drug-likeness (QED) is 0.848. The van der Waals surface area contributed by atoms with Crippen molar-refractivity contribution in [1.29, 1.82) is 5.26 Å². The first kappa shape index (κ1) is 16.6. The molecule has 2 aliphatic rings. The van der Waals surface area contributed by atoms with E-state index in [4.69, 9.17) is 5.26 Å². The summed E-state index contributed by atoms with van der Waals surface area (Å²) in [7, 11) is 0. The predicted molar refractivity (Wildman–Crippen MR) is 96.7 cm³/mol. The maximum absolute atomic E-state index is 12.4. The lowest BCUT2D eigenvalue weighted by atomic mass is 10.1. The Bertz CT molecular complexity index is 824. The fourth-order valence-electron chi connectivity index (χ4n) is 3.65. The van der Waals surface area contributed by atoms with Crippen LogP contribution >= 0.6 is 0 Å². The third-order valence-electron chi connectivity index (χ3n) is 5.08. The number of amides is 1. The number of rotatable bonds is 4. The van der Waals surface area contributed by atoms with E-state index in [0.717, 1.165) is 38.3 Å². The third kappa shape index (κ3) is 3.55. The summed E-state index contributed by atoms with van der Waals surface area (Å²) in [5.74, 6) is 0.435. The Morgan fingerprint density at radius 1 is 1.27 bits per heavy atom. The van der Waals surface area contributed by atoms with E-state index in [9.17, 15) is 4.79 Å². The number of fused-ring (bicyclic) bond motifs is 1. The molecular weight excluding hydrogens is 328 g/mol. The van der Waals surface area contributed by atoms with Crippen molar-refractivity contribution in [3.8, 4) is 6.19 Å². The largest absolute Gasteiger partial charge is 0.310 e. The van der Waals surface area contributed by atoms with Gasteiger partial charge in [-0.2, -0.15) is 10.4 Å². The minimum atomic E-state index is -0.136. The molecule has 0 saturated carbocycles. The van der Waals surface area contributed by atoms with Gasteiger partial charge in [0.05, 0.1) is 18.2 Å². The summed E-state index contributed by atoms with van der Waals surface area (Å²) in [6.45, 7) is 4.66. The molecule has 0 radical (unpaired) electrons. The summed E-state index contributed by atoms with van der Waals surface area (Å²) >= 11 is 0. The second-order valence-electron chi connectivity index (χ2n) is 6.96. The van der Waals surface area contributed by atoms with Gasteiger partial charge in [0, 0.05) is 38.8 Å². The summed E-state index contributed by atoms with van der Waals surface area (Å²) in [4.78, 5) is 16.4. The molecule has 1 unspecified atom stereocenters. The van der Waals surface area contributed by atoms with E-state index >= 15 is 0 Å². The van der Waals surface area contributed by atoms with Crippen molar-refractivity contribution < 1.29 is 4.79 Å². The lowest BCUT2D eigenvalue weighted by molar-refractivity contribution is -0.119. The summed E-state index contributed by atoms with van der Waals surface area (Å²) in [6.07, 6.45) is 2.83. The molecule has 1 amide bonds. The van der Waals surface area contributed by atoms with Gasteiger partial charge >= 0.3 is 0 Å². The van der Waals surface area contributed by atoms with Crippen molar-refractivity contribution >= 4 is 11.7 Å². The first-order valence-corrected chi connectivity index (χ1v) is 9.00. The molecule has 1 aromatic carbocycles. The lowest BCUT2D eigenvalue weighted by Gasteiger charge is -2.27. The number of carbonyl (C=O) groups excluding carboxylic acids is 1. The van der Waals surface area contributed by atoms with Crippen LogP contribution in [0.3, 0.4) is 0 Å². The average Bonchev–Trinajstić information content (AvgIpc) is 3.28. The van der Waals surface area contributed by atoms with E-state index in [2.05, 4.69) is 45.8 Å². The fourth-order valence-corrected chi connectivity index (χ4v) is 3.65. The van der Waals surface area contributed by atoms with Gasteiger partial charge in [-0.25, -0.2) is 0 Å². The molecule has 1 N–H and O–H groups in total. The van der Waals surface area contributed by atoms with E-state index in [1.165, 1.54) is 5.56 Å². The Labute approximate surface area is 152 Å². The van der Waals surface area contributed by atoms with Crippen LogP contribution < -0.4 is 5.32 Å². The van der Waals surface area contributed by atoms with Gasteiger partial charge in [-0.05, 0) is 12.0 Å². The minimum Gasteiger partial charge on any atom is -0.310 e. The molecule has 134 valence electrons. The Morgan fingerprint density at radius 2 is 2.12 bits per heavy atom. The van der Waals surface area contributed by atoms with Crippen molar-refractivity contribution in [2.75, 3.05) is 25.0 Å². The normalized spacial score (nSPS) is 19.8. The fraction of sp³-hybridized carbons (Fsp3) is 0.421. The van der Waals surface area contributed by atoms with Gasteiger partial charge in [0.25, 0.3) is 0 Å². The number of anilines is 1. The summed E-state index contributed by atoms with van der Waals surface area (Å²) in [6, 6.07) is 12.4. The zero-order valence-electron chi connectivity index (χ0n) is 14.6. The van der Waals surface area contributed by atoms with E-state index < -0.39 is 0 Å². The number of carbonyl (C=O) groups is 1. The van der Waals surface area contributed by atoms with Crippen LogP contribution in [0.5, 0.6) is 0 Å². The topological polar surface area (TPSA) is 77.2 Å². The maximum Gasteiger partial charge on any atom is 0.230 e. The van der Waals surface area contributed by atoms with E-state index in [-0.39, 0.29) is 11.8 Å². The van der Waals surface area contributed by atoms with Crippen LogP contribution in [0.4, 0.5) is 5.82 Å². The monoisotopic (exact) mass is 350 g/mol. The van der Waals surface area contributed by atoms with Gasteiger partial charge in [0.2, 0.25) is 5.91 Å². The van der Waals surface area contributed by atoms with Crippen LogP contribution in [0.2, 0.25) is 0 Å². The van der Waals surface area contributed by atoms with Crippen LogP contribution in [0.25, 0.3) is 0 Å². The highest BCUT2D eigenvalue weighted by Crippen LogP contribution is 2.21. The van der Waals surface area contributed by atoms with Crippen molar-refractivity contribution in [2.45, 2.75) is 26.1 Å². The molecule has 26 heavy (non-hydrogen) atoms. The zero-order valence-corrected chi connectivity index (χ0v) is 14.6. The summed E-state index contributed by atoms with van der Waals surface area (Å²) in [5, 5.41) is 16.4. The van der Waals surface area contributed by atoms with Crippen LogP contribution in [0.1, 0.15) is 17.7 Å². The third-order valence-corrected chi connectivity index (χ3v) is 5.08. The molecule has 7 heteroatoms. The highest BCUT2D eigenvalue weighted by Gasteiger charge is 2.28. The predicted octanol–water partition coefficient (Wildman–Crippen LogP) is 1.64. The van der Waals surface area contributed by atoms with Crippen LogP contribution in [-0.2, 0) is 24.4 Å². The van der Waals surface area contributed by atoms with E-state index in [1.54, 1.807) is 4.90 Å². The van der Waals surface area contributed by atoms with Crippen molar-refractivity contribution in [1.82, 2.24) is 19.6 Å². The molecule has 1 aromatic heterocycles. The first-order valence-electron chi connectivity index (χ1n) is 9.00. The highest BCUT2D eigenvalue weighted by atomic mass is 16.2. The van der Waals surface area contributed by atoms with Crippen LogP contribution in [0, 0.1) is 17.4 Å². The lowest BCUT2D eigenvalue weighted by Crippen LogP contribution is -2.33. The first-order chi connectivity index (χ1) is 12.7. The number of benzene rings is 1. The smallest absolute Gasteiger partial charge is 0.230 e. The van der Waals surface area contributed by atoms with Crippen LogP contribution in [-0.4, -0.2) is 45.1 Å². The Hall–Kier alpha value is -2.85. The zero-order chi connectivity index (χ0) is 17.9. The second-order valence-corrected chi connectivity index (χ2v) is 6.96. The summed E-state index contributed by atoms with van der Waals surface area (Å²) in [5.41, 5.74) is 2.42. The molecule has 0 aliphatic carbocycles. The van der Waals surface area contributed by atoms with Gasteiger partial charge in [0.1, 0.15) is 0 Å². The van der Waals surface area contributed by atoms with Crippen molar-refractivity contribution in [3.63, 3.8) is 0 Å². The SMILES string of the molecule is N#CN1CCC(C(=O)Nc2cc3n(n2)CCN(Cc2ccccc2)C3)C1. The molecule has 2 aliphatic heterocycles. The van der Waals surface area contributed by atoms with E-state index in [0.29, 0.717) is 18.9 Å². The molecule has 0 spiro atoms. The van der Waals surface area contributed by atoms with Crippen LogP contribution in [0.15, 0.2) is 36.4 Å². The van der Waals surface area contributed by atoms with E-state index in [1.807, 2.05) is 16.8 Å². The number of hydrogen-bond donors (Lipinski definition) is 1. The number of hydrogen-bond acceptors (Lipinski definition) is 5. The average molecular weight is 350 g/mol. The molecule has 3 heterocycles. The molecule has 7 nitrogen and oxygen atoms in total. The molecule has 4 rings (SSSR count). The minimum absolute atomic E-state index is 0.0423. The second kappa shape index (κ2) is 7.18. The molecule has 2 aromatic rings. The maximum atomic E-state index is 12.4. The number of nitrogens with zero attached hydrogens (tertiary/aromatic N) is 5. The van der Waals surface area contributed by atoms with Gasteiger partial charge in [0.15, 0.2) is 12.0 Å². The van der Waals surface area contributed by atoms with Gasteiger partial charge in [-0.1, -0.05) is 30.3 Å².